The highest BCUT2D eigenvalue weighted by Gasteiger charge is 2.28. The molecule has 0 radical (unpaired) electrons. The molecule has 0 fully saturated rings. The predicted molar refractivity (Wildman–Crippen MR) is 116 cm³/mol. The Balaban J connectivity index is 1.70. The third kappa shape index (κ3) is 3.65. The molecule has 3 aromatic carbocycles. The molecule has 0 unspecified atom stereocenters. The van der Waals surface area contributed by atoms with Gasteiger partial charge in [0, 0.05) is 35.6 Å². The van der Waals surface area contributed by atoms with E-state index in [1.165, 1.54) is 0 Å². The van der Waals surface area contributed by atoms with Crippen LogP contribution in [0.4, 0.5) is 22.7 Å². The maximum Gasteiger partial charge on any atom is 0.258 e. The molecular weight excluding hydrogens is 364 g/mol. The van der Waals surface area contributed by atoms with E-state index in [1.54, 1.807) is 58.3 Å². The van der Waals surface area contributed by atoms with Gasteiger partial charge in [0.05, 0.1) is 11.4 Å². The number of fused-ring (bicyclic) bond motifs is 1. The van der Waals surface area contributed by atoms with E-state index in [0.717, 1.165) is 11.4 Å². The third-order valence-electron chi connectivity index (χ3n) is 5.03. The first-order valence-corrected chi connectivity index (χ1v) is 9.48. The summed E-state index contributed by atoms with van der Waals surface area (Å²) in [6.45, 7) is 1.04. The molecule has 3 aromatic rings. The van der Waals surface area contributed by atoms with Crippen LogP contribution in [-0.4, -0.2) is 24.9 Å². The van der Waals surface area contributed by atoms with Crippen LogP contribution in [0.2, 0.25) is 0 Å². The van der Waals surface area contributed by atoms with Gasteiger partial charge < -0.3 is 21.3 Å². The number of amides is 2. The SMILES string of the molecule is Nc1ccc(C(=O)N2CCCN(C(=O)c3ccc(N)cc3)c3ccccc32)cc1. The van der Waals surface area contributed by atoms with Crippen LogP contribution in [-0.2, 0) is 0 Å². The molecule has 0 saturated carbocycles. The molecule has 0 saturated heterocycles. The number of carbonyl (C=O) groups is 2. The highest BCUT2D eigenvalue weighted by molar-refractivity contribution is 6.12. The van der Waals surface area contributed by atoms with Crippen LogP contribution in [0.1, 0.15) is 27.1 Å². The summed E-state index contributed by atoms with van der Waals surface area (Å²) in [4.78, 5) is 29.8. The molecule has 0 atom stereocenters. The maximum atomic E-state index is 13.2. The molecule has 146 valence electrons. The van der Waals surface area contributed by atoms with E-state index in [1.807, 2.05) is 24.3 Å². The van der Waals surface area contributed by atoms with E-state index in [4.69, 9.17) is 11.5 Å². The van der Waals surface area contributed by atoms with E-state index >= 15 is 0 Å². The van der Waals surface area contributed by atoms with Crippen LogP contribution in [0.15, 0.2) is 72.8 Å². The van der Waals surface area contributed by atoms with Gasteiger partial charge in [-0.3, -0.25) is 9.59 Å². The lowest BCUT2D eigenvalue weighted by atomic mass is 10.1. The number of rotatable bonds is 2. The van der Waals surface area contributed by atoms with Gasteiger partial charge in [-0.25, -0.2) is 0 Å². The Morgan fingerprint density at radius 3 is 1.38 bits per heavy atom. The number of benzene rings is 3. The molecule has 1 aliphatic heterocycles. The quantitative estimate of drug-likeness (QED) is 0.659. The van der Waals surface area contributed by atoms with Gasteiger partial charge in [-0.1, -0.05) is 12.1 Å². The van der Waals surface area contributed by atoms with Crippen LogP contribution < -0.4 is 21.3 Å². The number of nitrogens with two attached hydrogens (primary N) is 2. The largest absolute Gasteiger partial charge is 0.399 e. The molecule has 6 heteroatoms. The Morgan fingerprint density at radius 2 is 1.00 bits per heavy atom. The van der Waals surface area contributed by atoms with E-state index in [-0.39, 0.29) is 11.8 Å². The van der Waals surface area contributed by atoms with Gasteiger partial charge in [0.25, 0.3) is 11.8 Å². The zero-order chi connectivity index (χ0) is 20.4. The molecule has 0 spiro atoms. The van der Waals surface area contributed by atoms with Crippen molar-refractivity contribution in [3.63, 3.8) is 0 Å². The Morgan fingerprint density at radius 1 is 0.621 bits per heavy atom. The van der Waals surface area contributed by atoms with E-state index in [2.05, 4.69) is 0 Å². The van der Waals surface area contributed by atoms with Crippen LogP contribution >= 0.6 is 0 Å². The van der Waals surface area contributed by atoms with Crippen molar-refractivity contribution in [2.75, 3.05) is 34.4 Å². The van der Waals surface area contributed by atoms with Gasteiger partial charge in [-0.15, -0.1) is 0 Å². The van der Waals surface area contributed by atoms with Crippen molar-refractivity contribution < 1.29 is 9.59 Å². The number of carbonyl (C=O) groups excluding carboxylic acids is 2. The van der Waals surface area contributed by atoms with Crippen molar-refractivity contribution in [3.8, 4) is 0 Å². The van der Waals surface area contributed by atoms with Crippen LogP contribution in [0.25, 0.3) is 0 Å². The standard InChI is InChI=1S/C23H22N4O2/c24-18-10-6-16(7-11-18)22(28)26-14-3-15-27(21-5-2-1-4-20(21)26)23(29)17-8-12-19(25)13-9-17/h1-2,4-13H,3,14-15,24-25H2. The van der Waals surface area contributed by atoms with Gasteiger partial charge in [0.2, 0.25) is 0 Å². The molecule has 0 aliphatic carbocycles. The molecule has 0 bridgehead atoms. The van der Waals surface area contributed by atoms with Gasteiger partial charge in [0.1, 0.15) is 0 Å². The second-order valence-corrected chi connectivity index (χ2v) is 7.00. The fraction of sp³-hybridized carbons (Fsp3) is 0.130. The minimum Gasteiger partial charge on any atom is -0.399 e. The van der Waals surface area contributed by atoms with Crippen LogP contribution in [0.3, 0.4) is 0 Å². The Bertz CT molecular complexity index is 961. The second kappa shape index (κ2) is 7.67. The molecule has 29 heavy (non-hydrogen) atoms. The van der Waals surface area contributed by atoms with E-state index in [9.17, 15) is 9.59 Å². The Kier molecular flexibility index (Phi) is 4.91. The second-order valence-electron chi connectivity index (χ2n) is 7.00. The summed E-state index contributed by atoms with van der Waals surface area (Å²) in [6, 6.07) is 21.3. The minimum atomic E-state index is -0.112. The van der Waals surface area contributed by atoms with Crippen molar-refractivity contribution >= 4 is 34.6 Å². The van der Waals surface area contributed by atoms with E-state index in [0.29, 0.717) is 42.0 Å². The highest BCUT2D eigenvalue weighted by atomic mass is 16.2. The number of para-hydroxylation sites is 2. The first-order chi connectivity index (χ1) is 14.0. The average Bonchev–Trinajstić information content (AvgIpc) is 2.94. The number of hydrogen-bond donors (Lipinski definition) is 2. The first-order valence-electron chi connectivity index (χ1n) is 9.48. The zero-order valence-electron chi connectivity index (χ0n) is 15.9. The number of hydrogen-bond acceptors (Lipinski definition) is 4. The van der Waals surface area contributed by atoms with Crippen molar-refractivity contribution in [1.82, 2.24) is 0 Å². The molecule has 2 amide bonds. The highest BCUT2D eigenvalue weighted by Crippen LogP contribution is 2.34. The topological polar surface area (TPSA) is 92.7 Å². The summed E-state index contributed by atoms with van der Waals surface area (Å²) in [6.07, 6.45) is 0.663. The number of nitrogen functional groups attached to an aromatic ring is 2. The van der Waals surface area contributed by atoms with E-state index < -0.39 is 0 Å². The molecular formula is C23H22N4O2. The lowest BCUT2D eigenvalue weighted by Gasteiger charge is -2.25. The molecule has 0 aromatic heterocycles. The lowest BCUT2D eigenvalue weighted by Crippen LogP contribution is -2.31. The predicted octanol–water partition coefficient (Wildman–Crippen LogP) is 3.55. The lowest BCUT2D eigenvalue weighted by molar-refractivity contribution is 0.0981. The van der Waals surface area contributed by atoms with Crippen LogP contribution in [0, 0.1) is 0 Å². The summed E-state index contributed by atoms with van der Waals surface area (Å²) in [5.74, 6) is -0.224. The number of nitrogens with zero attached hydrogens (tertiary/aromatic N) is 2. The normalized spacial score (nSPS) is 13.5. The number of anilines is 4. The van der Waals surface area contributed by atoms with Crippen molar-refractivity contribution in [1.29, 1.82) is 0 Å². The molecule has 4 rings (SSSR count). The summed E-state index contributed by atoms with van der Waals surface area (Å²) in [5, 5.41) is 0. The first kappa shape index (κ1) is 18.6. The summed E-state index contributed by atoms with van der Waals surface area (Å²) in [5.41, 5.74) is 15.3. The van der Waals surface area contributed by atoms with Crippen molar-refractivity contribution in [2.24, 2.45) is 0 Å². The monoisotopic (exact) mass is 386 g/mol. The van der Waals surface area contributed by atoms with Gasteiger partial charge >= 0.3 is 0 Å². The average molecular weight is 386 g/mol. The fourth-order valence-electron chi connectivity index (χ4n) is 3.53. The molecule has 1 heterocycles. The molecule has 4 N–H and O–H groups in total. The Labute approximate surface area is 169 Å². The van der Waals surface area contributed by atoms with Gasteiger partial charge in [0.15, 0.2) is 0 Å². The smallest absolute Gasteiger partial charge is 0.258 e. The molecule has 6 nitrogen and oxygen atoms in total. The maximum absolute atomic E-state index is 13.2. The van der Waals surface area contributed by atoms with Gasteiger partial charge in [-0.2, -0.15) is 0 Å². The van der Waals surface area contributed by atoms with Crippen molar-refractivity contribution in [2.45, 2.75) is 6.42 Å². The zero-order valence-corrected chi connectivity index (χ0v) is 15.9. The molecule has 1 aliphatic rings. The summed E-state index contributed by atoms with van der Waals surface area (Å²) >= 11 is 0. The third-order valence-corrected chi connectivity index (χ3v) is 5.03. The van der Waals surface area contributed by atoms with Gasteiger partial charge in [-0.05, 0) is 67.1 Å². The summed E-state index contributed by atoms with van der Waals surface area (Å²) in [7, 11) is 0. The minimum absolute atomic E-state index is 0.112. The fourth-order valence-corrected chi connectivity index (χ4v) is 3.53. The van der Waals surface area contributed by atoms with Crippen molar-refractivity contribution in [3.05, 3.63) is 83.9 Å². The Hall–Kier alpha value is -3.80. The summed E-state index contributed by atoms with van der Waals surface area (Å²) < 4.78 is 0. The van der Waals surface area contributed by atoms with Crippen LogP contribution in [0.5, 0.6) is 0 Å².